The Balaban J connectivity index is 1.83. The summed E-state index contributed by atoms with van der Waals surface area (Å²) in [6, 6.07) is 17.9. The number of ether oxygens (including phenoxy) is 1. The van der Waals surface area contributed by atoms with Gasteiger partial charge in [0.1, 0.15) is 6.54 Å². The van der Waals surface area contributed by atoms with E-state index < -0.39 is 30.7 Å². The molecule has 0 fully saturated rings. The zero-order valence-corrected chi connectivity index (χ0v) is 15.8. The summed E-state index contributed by atoms with van der Waals surface area (Å²) >= 11 is 0. The van der Waals surface area contributed by atoms with E-state index in [0.29, 0.717) is 17.1 Å². The number of esters is 1. The first-order valence-electron chi connectivity index (χ1n) is 8.88. The highest BCUT2D eigenvalue weighted by atomic mass is 19.4. The minimum absolute atomic E-state index is 0.326. The molecule has 0 aliphatic heterocycles. The molecule has 0 spiro atoms. The van der Waals surface area contributed by atoms with Crippen LogP contribution in [0.1, 0.15) is 17.5 Å². The van der Waals surface area contributed by atoms with Crippen molar-refractivity contribution in [3.05, 3.63) is 66.5 Å². The van der Waals surface area contributed by atoms with E-state index in [4.69, 9.17) is 4.74 Å². The third-order valence-electron chi connectivity index (χ3n) is 3.94. The van der Waals surface area contributed by atoms with Crippen LogP contribution in [0.5, 0.6) is 0 Å². The first-order chi connectivity index (χ1) is 14.2. The molecule has 0 saturated heterocycles. The van der Waals surface area contributed by atoms with Gasteiger partial charge in [0.15, 0.2) is 11.9 Å². The molecule has 0 saturated carbocycles. The average Bonchev–Trinajstić information content (AvgIpc) is 3.18. The quantitative estimate of drug-likeness (QED) is 0.622. The molecule has 1 unspecified atom stereocenters. The minimum Gasteiger partial charge on any atom is -0.447 e. The summed E-state index contributed by atoms with van der Waals surface area (Å²) in [5.74, 6) is -2.07. The van der Waals surface area contributed by atoms with Gasteiger partial charge in [0.25, 0.3) is 11.7 Å². The van der Waals surface area contributed by atoms with E-state index in [9.17, 15) is 22.8 Å². The number of benzene rings is 2. The zero-order chi connectivity index (χ0) is 21.7. The van der Waals surface area contributed by atoms with Crippen LogP contribution < -0.4 is 5.32 Å². The molecule has 3 rings (SSSR count). The van der Waals surface area contributed by atoms with E-state index >= 15 is 0 Å². The van der Waals surface area contributed by atoms with Crippen molar-refractivity contribution in [2.45, 2.75) is 19.2 Å². The molecule has 7 nitrogen and oxygen atoms in total. The Hall–Kier alpha value is -3.69. The second-order valence-electron chi connectivity index (χ2n) is 6.25. The van der Waals surface area contributed by atoms with Crippen LogP contribution in [0.15, 0.2) is 60.7 Å². The largest absolute Gasteiger partial charge is 0.447 e. The van der Waals surface area contributed by atoms with E-state index in [2.05, 4.69) is 10.1 Å². The number of hydrogen-bond acceptors (Lipinski definition) is 5. The number of carbonyl (C=O) groups excluding carboxylic acids is 2. The monoisotopic (exact) mass is 418 g/mol. The molecular weight excluding hydrogens is 401 g/mol. The molecule has 0 bridgehead atoms. The van der Waals surface area contributed by atoms with E-state index in [1.54, 1.807) is 53.8 Å². The number of nitrogens with one attached hydrogen (secondary N) is 1. The maximum Gasteiger partial charge on any atom is 0.405 e. The van der Waals surface area contributed by atoms with E-state index in [1.807, 2.05) is 12.1 Å². The van der Waals surface area contributed by atoms with Crippen LogP contribution >= 0.6 is 0 Å². The molecule has 0 aliphatic rings. The van der Waals surface area contributed by atoms with Crippen molar-refractivity contribution in [2.75, 3.05) is 6.54 Å². The SMILES string of the molecule is CC(OC(=O)c1nc(-c2ccccc2)n(-c2ccccc2)n1)C(=O)NCC(F)(F)F. The van der Waals surface area contributed by atoms with Crippen LogP contribution in [0, 0.1) is 0 Å². The molecule has 156 valence electrons. The normalized spacial score (nSPS) is 12.3. The molecular formula is C20H17F3N4O3. The lowest BCUT2D eigenvalue weighted by Crippen LogP contribution is -2.40. The summed E-state index contributed by atoms with van der Waals surface area (Å²) in [5, 5.41) is 5.83. The summed E-state index contributed by atoms with van der Waals surface area (Å²) < 4.78 is 43.1. The molecule has 2 aromatic carbocycles. The van der Waals surface area contributed by atoms with Gasteiger partial charge < -0.3 is 10.1 Å². The van der Waals surface area contributed by atoms with Crippen molar-refractivity contribution in [1.82, 2.24) is 20.1 Å². The lowest BCUT2D eigenvalue weighted by molar-refractivity contribution is -0.143. The van der Waals surface area contributed by atoms with Gasteiger partial charge in [-0.15, -0.1) is 5.10 Å². The first kappa shape index (κ1) is 21.0. The second kappa shape index (κ2) is 8.76. The highest BCUT2D eigenvalue weighted by molar-refractivity contribution is 5.89. The summed E-state index contributed by atoms with van der Waals surface area (Å²) in [6.45, 7) is -0.358. The molecule has 1 amide bonds. The predicted molar refractivity (Wildman–Crippen MR) is 101 cm³/mol. The Bertz CT molecular complexity index is 964. The number of rotatable bonds is 6. The maximum absolute atomic E-state index is 12.4. The predicted octanol–water partition coefficient (Wildman–Crippen LogP) is 3.16. The fourth-order valence-electron chi connectivity index (χ4n) is 2.52. The van der Waals surface area contributed by atoms with Crippen LogP contribution in [-0.4, -0.2) is 45.5 Å². The number of hydrogen-bond donors (Lipinski definition) is 1. The van der Waals surface area contributed by atoms with Crippen LogP contribution in [0.25, 0.3) is 17.1 Å². The highest BCUT2D eigenvalue weighted by Crippen LogP contribution is 2.21. The number of para-hydroxylation sites is 1. The fraction of sp³-hybridized carbons (Fsp3) is 0.200. The first-order valence-corrected chi connectivity index (χ1v) is 8.88. The molecule has 0 radical (unpaired) electrons. The van der Waals surface area contributed by atoms with Crippen LogP contribution in [0.4, 0.5) is 13.2 Å². The zero-order valence-electron chi connectivity index (χ0n) is 15.8. The van der Waals surface area contributed by atoms with E-state index in [-0.39, 0.29) is 5.82 Å². The van der Waals surface area contributed by atoms with Gasteiger partial charge in [-0.3, -0.25) is 4.79 Å². The topological polar surface area (TPSA) is 86.1 Å². The molecule has 1 N–H and O–H groups in total. The number of halogens is 3. The molecule has 1 aromatic heterocycles. The Morgan fingerprint density at radius 1 is 1.07 bits per heavy atom. The number of aromatic nitrogens is 3. The average molecular weight is 418 g/mol. The van der Waals surface area contributed by atoms with Crippen molar-refractivity contribution in [2.24, 2.45) is 0 Å². The third kappa shape index (κ3) is 5.22. The third-order valence-corrected chi connectivity index (χ3v) is 3.94. The molecule has 1 atom stereocenters. The van der Waals surface area contributed by atoms with Gasteiger partial charge in [-0.1, -0.05) is 48.5 Å². The number of amides is 1. The number of alkyl halides is 3. The summed E-state index contributed by atoms with van der Waals surface area (Å²) in [7, 11) is 0. The van der Waals surface area contributed by atoms with Crippen molar-refractivity contribution in [1.29, 1.82) is 0 Å². The minimum atomic E-state index is -4.57. The molecule has 30 heavy (non-hydrogen) atoms. The standard InChI is InChI=1S/C20H17F3N4O3/c1-13(18(28)24-12-20(21,22)23)30-19(29)16-25-17(14-8-4-2-5-9-14)27(26-16)15-10-6-3-7-11-15/h2-11,13H,12H2,1H3,(H,24,28). The fourth-order valence-corrected chi connectivity index (χ4v) is 2.52. The summed E-state index contributed by atoms with van der Waals surface area (Å²) in [6.07, 6.45) is -6.02. The molecule has 10 heteroatoms. The summed E-state index contributed by atoms with van der Waals surface area (Å²) in [5.41, 5.74) is 1.32. The van der Waals surface area contributed by atoms with Gasteiger partial charge in [-0.05, 0) is 19.1 Å². The van der Waals surface area contributed by atoms with Gasteiger partial charge >= 0.3 is 12.1 Å². The second-order valence-corrected chi connectivity index (χ2v) is 6.25. The molecule has 0 aliphatic carbocycles. The smallest absolute Gasteiger partial charge is 0.405 e. The number of nitrogens with zero attached hydrogens (tertiary/aromatic N) is 3. The van der Waals surface area contributed by atoms with Gasteiger partial charge in [0.05, 0.1) is 5.69 Å². The van der Waals surface area contributed by atoms with E-state index in [1.165, 1.54) is 4.68 Å². The van der Waals surface area contributed by atoms with Crippen LogP contribution in [0.3, 0.4) is 0 Å². The van der Waals surface area contributed by atoms with Gasteiger partial charge in [-0.2, -0.15) is 13.2 Å². The molecule has 3 aromatic rings. The van der Waals surface area contributed by atoms with Crippen molar-refractivity contribution >= 4 is 11.9 Å². The Kier molecular flexibility index (Phi) is 6.14. The highest BCUT2D eigenvalue weighted by Gasteiger charge is 2.30. The Morgan fingerprint density at radius 2 is 1.67 bits per heavy atom. The Morgan fingerprint density at radius 3 is 2.27 bits per heavy atom. The van der Waals surface area contributed by atoms with Crippen molar-refractivity contribution in [3.8, 4) is 17.1 Å². The maximum atomic E-state index is 12.4. The van der Waals surface area contributed by atoms with Crippen molar-refractivity contribution < 1.29 is 27.5 Å². The lowest BCUT2D eigenvalue weighted by Gasteiger charge is -2.13. The number of carbonyl (C=O) groups is 2. The van der Waals surface area contributed by atoms with Crippen molar-refractivity contribution in [3.63, 3.8) is 0 Å². The van der Waals surface area contributed by atoms with Gasteiger partial charge in [0, 0.05) is 5.56 Å². The Labute approximate surface area is 169 Å². The van der Waals surface area contributed by atoms with Gasteiger partial charge in [-0.25, -0.2) is 14.5 Å². The lowest BCUT2D eigenvalue weighted by atomic mass is 10.2. The van der Waals surface area contributed by atoms with Gasteiger partial charge in [0.2, 0.25) is 0 Å². The van der Waals surface area contributed by atoms with Crippen LogP contribution in [0.2, 0.25) is 0 Å². The van der Waals surface area contributed by atoms with E-state index in [0.717, 1.165) is 6.92 Å². The molecule has 1 heterocycles. The summed E-state index contributed by atoms with van der Waals surface area (Å²) in [4.78, 5) is 28.4. The van der Waals surface area contributed by atoms with Crippen LogP contribution in [-0.2, 0) is 9.53 Å².